The van der Waals surface area contributed by atoms with Crippen molar-refractivity contribution in [2.75, 3.05) is 0 Å². The van der Waals surface area contributed by atoms with Gasteiger partial charge in [0.15, 0.2) is 0 Å². The van der Waals surface area contributed by atoms with Gasteiger partial charge < -0.3 is 10.4 Å². The zero-order valence-electron chi connectivity index (χ0n) is 25.8. The summed E-state index contributed by atoms with van der Waals surface area (Å²) < 4.78 is 0. The van der Waals surface area contributed by atoms with Gasteiger partial charge in [0.25, 0.3) is 0 Å². The zero-order valence-corrected chi connectivity index (χ0v) is 25.8. The van der Waals surface area contributed by atoms with Crippen molar-refractivity contribution < 1.29 is 9.90 Å². The molecule has 1 amide bonds. The third kappa shape index (κ3) is 31.0. The number of unbranched alkanes of at least 4 members (excludes halogenated alkanes) is 22. The van der Waals surface area contributed by atoms with Crippen LogP contribution in [0, 0.1) is 0 Å². The van der Waals surface area contributed by atoms with Gasteiger partial charge in [-0.25, -0.2) is 4.79 Å². The van der Waals surface area contributed by atoms with Gasteiger partial charge in [-0.2, -0.15) is 0 Å². The molecule has 2 N–H and O–H groups in total. The van der Waals surface area contributed by atoms with E-state index in [2.05, 4.69) is 43.5 Å². The number of nitrogens with one attached hydrogen (secondary N) is 1. The monoisotopic (exact) mass is 534 g/mol. The average Bonchev–Trinajstić information content (AvgIpc) is 2.90. The van der Waals surface area contributed by atoms with Crippen molar-refractivity contribution in [1.29, 1.82) is 0 Å². The Bertz CT molecular complexity index is 528. The van der Waals surface area contributed by atoms with Gasteiger partial charge in [-0.15, -0.1) is 0 Å². The number of hydrogen-bond acceptors (Lipinski definition) is 1. The van der Waals surface area contributed by atoms with E-state index < -0.39 is 6.09 Å². The van der Waals surface area contributed by atoms with Gasteiger partial charge in [0, 0.05) is 6.04 Å². The summed E-state index contributed by atoms with van der Waals surface area (Å²) in [5, 5.41) is 11.9. The predicted molar refractivity (Wildman–Crippen MR) is 169 cm³/mol. The summed E-state index contributed by atoms with van der Waals surface area (Å²) in [6.07, 6.45) is 43.4. The van der Waals surface area contributed by atoms with Crippen LogP contribution in [0.3, 0.4) is 0 Å². The average molecular weight is 534 g/mol. The fourth-order valence-electron chi connectivity index (χ4n) is 5.33. The standard InChI is InChI=1S/C35H67NO2/c1-3-5-7-9-11-13-15-17-19-21-23-25-27-29-31-33-34(36-35(37)38)32-30-28-26-24-22-20-18-16-14-12-10-8-6-4-2/h3,5,26,28,34,36H,4,6-25,27,29-33H2,1-2H3,(H,37,38)/b5-3+,28-26+. The molecule has 1 atom stereocenters. The van der Waals surface area contributed by atoms with Crippen LogP contribution in [0.4, 0.5) is 4.79 Å². The molecule has 0 aromatic heterocycles. The van der Waals surface area contributed by atoms with Crippen LogP contribution in [0.1, 0.15) is 187 Å². The van der Waals surface area contributed by atoms with Crippen LogP contribution in [0.2, 0.25) is 0 Å². The summed E-state index contributed by atoms with van der Waals surface area (Å²) in [7, 11) is 0. The highest BCUT2D eigenvalue weighted by Crippen LogP contribution is 2.15. The topological polar surface area (TPSA) is 49.3 Å². The lowest BCUT2D eigenvalue weighted by molar-refractivity contribution is 0.188. The molecule has 3 heteroatoms. The molecule has 0 bridgehead atoms. The van der Waals surface area contributed by atoms with E-state index in [1.54, 1.807) is 0 Å². The van der Waals surface area contributed by atoms with Crippen molar-refractivity contribution in [3.63, 3.8) is 0 Å². The summed E-state index contributed by atoms with van der Waals surface area (Å²) in [6, 6.07) is 0.104. The molecule has 0 saturated carbocycles. The van der Waals surface area contributed by atoms with Gasteiger partial charge >= 0.3 is 6.09 Å². The fraction of sp³-hybridized carbons (Fsp3) is 0.857. The van der Waals surface area contributed by atoms with E-state index in [9.17, 15) is 9.90 Å². The van der Waals surface area contributed by atoms with Crippen molar-refractivity contribution in [2.24, 2.45) is 0 Å². The van der Waals surface area contributed by atoms with Crippen LogP contribution < -0.4 is 5.32 Å². The van der Waals surface area contributed by atoms with Crippen molar-refractivity contribution in [1.82, 2.24) is 5.32 Å². The Morgan fingerprint density at radius 2 is 0.947 bits per heavy atom. The molecule has 0 aliphatic heterocycles. The minimum absolute atomic E-state index is 0.104. The maximum absolute atomic E-state index is 11.2. The van der Waals surface area contributed by atoms with Crippen LogP contribution in [0.5, 0.6) is 0 Å². The van der Waals surface area contributed by atoms with E-state index in [0.29, 0.717) is 0 Å². The molecule has 0 aromatic rings. The Balaban J connectivity index is 3.57. The molecule has 0 rings (SSSR count). The summed E-state index contributed by atoms with van der Waals surface area (Å²) >= 11 is 0. The number of amides is 1. The molecule has 0 aliphatic rings. The maximum Gasteiger partial charge on any atom is 0.404 e. The lowest BCUT2D eigenvalue weighted by atomic mass is 10.0. The number of carboxylic acid groups (broad SMARTS) is 1. The summed E-state index contributed by atoms with van der Waals surface area (Å²) in [5.74, 6) is 0. The Morgan fingerprint density at radius 1 is 0.553 bits per heavy atom. The number of rotatable bonds is 30. The molecule has 0 heterocycles. The van der Waals surface area contributed by atoms with Gasteiger partial charge in [0.05, 0.1) is 0 Å². The third-order valence-electron chi connectivity index (χ3n) is 7.81. The van der Waals surface area contributed by atoms with Gasteiger partial charge in [0.1, 0.15) is 0 Å². The summed E-state index contributed by atoms with van der Waals surface area (Å²) in [4.78, 5) is 11.2. The van der Waals surface area contributed by atoms with E-state index in [0.717, 1.165) is 25.7 Å². The second-order valence-corrected chi connectivity index (χ2v) is 11.6. The van der Waals surface area contributed by atoms with E-state index in [4.69, 9.17) is 0 Å². The van der Waals surface area contributed by atoms with Crippen LogP contribution in [-0.4, -0.2) is 17.2 Å². The Kier molecular flexibility index (Phi) is 30.9. The molecular weight excluding hydrogens is 466 g/mol. The normalized spacial score (nSPS) is 12.6. The third-order valence-corrected chi connectivity index (χ3v) is 7.81. The van der Waals surface area contributed by atoms with Gasteiger partial charge in [-0.3, -0.25) is 0 Å². The summed E-state index contributed by atoms with van der Waals surface area (Å²) in [6.45, 7) is 4.38. The molecule has 224 valence electrons. The minimum atomic E-state index is -0.873. The van der Waals surface area contributed by atoms with Crippen LogP contribution >= 0.6 is 0 Å². The quantitative estimate of drug-likeness (QED) is 0.0712. The zero-order chi connectivity index (χ0) is 27.8. The largest absolute Gasteiger partial charge is 0.465 e. The van der Waals surface area contributed by atoms with Crippen LogP contribution in [-0.2, 0) is 0 Å². The Labute approximate surface area is 238 Å². The van der Waals surface area contributed by atoms with Gasteiger partial charge in [0.2, 0.25) is 0 Å². The molecule has 3 nitrogen and oxygen atoms in total. The second kappa shape index (κ2) is 32.0. The maximum atomic E-state index is 11.2. The molecule has 1 unspecified atom stereocenters. The van der Waals surface area contributed by atoms with E-state index in [-0.39, 0.29) is 6.04 Å². The molecule has 0 aliphatic carbocycles. The lowest BCUT2D eigenvalue weighted by Crippen LogP contribution is -2.33. The SMILES string of the molecule is C/C=C/CCCCCCCCCCCCCCC(CC/C=C/CCCCCCCCCCCC)NC(=O)O. The highest BCUT2D eigenvalue weighted by Gasteiger charge is 2.10. The first-order chi connectivity index (χ1) is 18.7. The smallest absolute Gasteiger partial charge is 0.404 e. The van der Waals surface area contributed by atoms with Crippen molar-refractivity contribution >= 4 is 6.09 Å². The Morgan fingerprint density at radius 3 is 1.39 bits per heavy atom. The van der Waals surface area contributed by atoms with Crippen LogP contribution in [0.15, 0.2) is 24.3 Å². The molecule has 0 aromatic carbocycles. The molecule has 0 spiro atoms. The van der Waals surface area contributed by atoms with Crippen molar-refractivity contribution in [3.8, 4) is 0 Å². The lowest BCUT2D eigenvalue weighted by Gasteiger charge is -2.16. The van der Waals surface area contributed by atoms with Crippen molar-refractivity contribution in [2.45, 2.75) is 193 Å². The minimum Gasteiger partial charge on any atom is -0.465 e. The second-order valence-electron chi connectivity index (χ2n) is 11.6. The first-order valence-electron chi connectivity index (χ1n) is 17.0. The highest BCUT2D eigenvalue weighted by molar-refractivity contribution is 5.64. The first-order valence-corrected chi connectivity index (χ1v) is 17.0. The number of hydrogen-bond donors (Lipinski definition) is 2. The van der Waals surface area contributed by atoms with E-state index in [1.807, 2.05) is 0 Å². The van der Waals surface area contributed by atoms with E-state index in [1.165, 1.54) is 148 Å². The fourth-order valence-corrected chi connectivity index (χ4v) is 5.33. The number of carbonyl (C=O) groups is 1. The van der Waals surface area contributed by atoms with Crippen molar-refractivity contribution in [3.05, 3.63) is 24.3 Å². The molecule has 38 heavy (non-hydrogen) atoms. The number of allylic oxidation sites excluding steroid dienone is 4. The first kappa shape index (κ1) is 36.8. The predicted octanol–water partition coefficient (Wildman–Crippen LogP) is 12.3. The van der Waals surface area contributed by atoms with E-state index >= 15 is 0 Å². The molecule has 0 fully saturated rings. The molecule has 0 saturated heterocycles. The van der Waals surface area contributed by atoms with Gasteiger partial charge in [-0.1, -0.05) is 160 Å². The Hall–Kier alpha value is -1.25. The highest BCUT2D eigenvalue weighted by atomic mass is 16.4. The molecule has 0 radical (unpaired) electrons. The van der Waals surface area contributed by atoms with Gasteiger partial charge in [-0.05, 0) is 51.9 Å². The molecular formula is C35H67NO2. The summed E-state index contributed by atoms with van der Waals surface area (Å²) in [5.41, 5.74) is 0. The van der Waals surface area contributed by atoms with Crippen LogP contribution in [0.25, 0.3) is 0 Å².